The highest BCUT2D eigenvalue weighted by atomic mass is 16.6. The molecule has 0 radical (unpaired) electrons. The van der Waals surface area contributed by atoms with Crippen molar-refractivity contribution in [2.45, 2.75) is 6.92 Å². The fraction of sp³-hybridized carbons (Fsp3) is 0.0526. The molecule has 0 aliphatic rings. The van der Waals surface area contributed by atoms with Crippen LogP contribution in [0.3, 0.4) is 0 Å². The monoisotopic (exact) mass is 401 g/mol. The molecule has 5 rings (SSSR count). The van der Waals surface area contributed by atoms with Crippen LogP contribution in [0.25, 0.3) is 22.2 Å². The molecule has 30 heavy (non-hydrogen) atoms. The smallest absolute Gasteiger partial charge is 0.245 e. The molecule has 0 saturated heterocycles. The maximum atomic E-state index is 10.2. The van der Waals surface area contributed by atoms with Crippen LogP contribution >= 0.6 is 0 Å². The van der Waals surface area contributed by atoms with Gasteiger partial charge in [-0.25, -0.2) is 4.63 Å². The number of aromatic hydroxyl groups is 1. The molecular weight excluding hydrogens is 386 g/mol. The zero-order valence-corrected chi connectivity index (χ0v) is 15.7. The molecule has 3 aromatic heterocycles. The lowest BCUT2D eigenvalue weighted by Gasteiger charge is -2.09. The molecule has 0 fully saturated rings. The summed E-state index contributed by atoms with van der Waals surface area (Å²) >= 11 is 0. The highest BCUT2D eigenvalue weighted by Crippen LogP contribution is 2.36. The molecule has 0 aliphatic heterocycles. The molecule has 3 heterocycles. The maximum Gasteiger partial charge on any atom is 0.245 e. The van der Waals surface area contributed by atoms with Crippen molar-refractivity contribution in [3.8, 4) is 5.88 Å². The quantitative estimate of drug-likeness (QED) is 0.250. The van der Waals surface area contributed by atoms with Gasteiger partial charge in [0.05, 0.1) is 11.2 Å². The minimum atomic E-state index is -0.0932. The van der Waals surface area contributed by atoms with Gasteiger partial charge in [0.25, 0.3) is 0 Å². The fourth-order valence-electron chi connectivity index (χ4n) is 2.86. The van der Waals surface area contributed by atoms with Gasteiger partial charge in [-0.15, -0.1) is 10.2 Å². The normalized spacial score (nSPS) is 11.5. The Morgan fingerprint density at radius 3 is 2.53 bits per heavy atom. The molecule has 0 unspecified atom stereocenters. The number of fused-ring (bicyclic) bond motifs is 2. The third kappa shape index (κ3) is 3.24. The molecule has 2 aromatic carbocycles. The number of rotatable bonds is 5. The summed E-state index contributed by atoms with van der Waals surface area (Å²) in [5.74, 6) is 0.314. The van der Waals surface area contributed by atoms with Crippen LogP contribution in [-0.4, -0.2) is 30.4 Å². The average molecular weight is 401 g/mol. The number of aryl methyl sites for hydroxylation is 1. The third-order valence-corrected chi connectivity index (χ3v) is 4.38. The Kier molecular flexibility index (Phi) is 4.17. The number of hydrogen-bond acceptors (Lipinski definition) is 10. The van der Waals surface area contributed by atoms with Gasteiger partial charge in [-0.3, -0.25) is 10.9 Å². The van der Waals surface area contributed by atoms with Crippen LogP contribution in [0.1, 0.15) is 5.56 Å². The predicted octanol–water partition coefficient (Wildman–Crippen LogP) is 4.36. The molecule has 0 saturated carbocycles. The lowest BCUT2D eigenvalue weighted by molar-refractivity contribution is 0.314. The van der Waals surface area contributed by atoms with Crippen LogP contribution in [-0.2, 0) is 0 Å². The van der Waals surface area contributed by atoms with Crippen LogP contribution in [0.5, 0.6) is 5.88 Å². The molecule has 11 heteroatoms. The summed E-state index contributed by atoms with van der Waals surface area (Å²) in [5, 5.41) is 26.7. The van der Waals surface area contributed by atoms with Gasteiger partial charge >= 0.3 is 0 Å². The number of benzene rings is 2. The Bertz CT molecular complexity index is 1370. The molecule has 0 spiro atoms. The molecule has 5 aromatic rings. The zero-order chi connectivity index (χ0) is 20.5. The fourth-order valence-corrected chi connectivity index (χ4v) is 2.86. The minimum absolute atomic E-state index is 0.0932. The Balaban J connectivity index is 1.50. The van der Waals surface area contributed by atoms with Crippen molar-refractivity contribution in [2.75, 3.05) is 10.9 Å². The molecule has 0 atom stereocenters. The molecule has 0 amide bonds. The van der Waals surface area contributed by atoms with Gasteiger partial charge in [0.1, 0.15) is 0 Å². The number of nitrogens with zero attached hydrogens (tertiary/aromatic N) is 6. The highest BCUT2D eigenvalue weighted by molar-refractivity contribution is 5.94. The van der Waals surface area contributed by atoms with Gasteiger partial charge in [-0.2, -0.15) is 9.97 Å². The van der Waals surface area contributed by atoms with E-state index in [1.54, 1.807) is 0 Å². The van der Waals surface area contributed by atoms with Crippen molar-refractivity contribution in [1.29, 1.82) is 0 Å². The number of aromatic amines is 1. The van der Waals surface area contributed by atoms with Crippen molar-refractivity contribution < 1.29 is 9.74 Å². The second-order valence-corrected chi connectivity index (χ2v) is 6.49. The Hall–Kier alpha value is -4.54. The van der Waals surface area contributed by atoms with E-state index < -0.39 is 0 Å². The first-order valence-corrected chi connectivity index (χ1v) is 8.98. The van der Waals surface area contributed by atoms with E-state index in [-0.39, 0.29) is 28.8 Å². The summed E-state index contributed by atoms with van der Waals surface area (Å²) in [6, 6.07) is 15.1. The molecule has 0 bridgehead atoms. The Morgan fingerprint density at radius 1 is 0.933 bits per heavy atom. The first-order chi connectivity index (χ1) is 14.7. The first kappa shape index (κ1) is 17.6. The van der Waals surface area contributed by atoms with Crippen LogP contribution in [0, 0.1) is 6.92 Å². The summed E-state index contributed by atoms with van der Waals surface area (Å²) < 4.78 is 4.69. The molecular formula is C19H15N9O2. The summed E-state index contributed by atoms with van der Waals surface area (Å²) in [6.45, 7) is 2.01. The first-order valence-electron chi connectivity index (χ1n) is 8.98. The lowest BCUT2D eigenvalue weighted by Crippen LogP contribution is -2.10. The Morgan fingerprint density at radius 2 is 1.70 bits per heavy atom. The number of aromatic nitrogens is 5. The summed E-state index contributed by atoms with van der Waals surface area (Å²) in [7, 11) is 0. The van der Waals surface area contributed by atoms with E-state index in [1.807, 2.05) is 55.5 Å². The van der Waals surface area contributed by atoms with Crippen LogP contribution in [0.4, 0.5) is 23.0 Å². The number of azo groups is 1. The predicted molar refractivity (Wildman–Crippen MR) is 110 cm³/mol. The second kappa shape index (κ2) is 7.13. The van der Waals surface area contributed by atoms with Crippen molar-refractivity contribution in [1.82, 2.24) is 25.3 Å². The molecule has 11 nitrogen and oxygen atoms in total. The van der Waals surface area contributed by atoms with Crippen molar-refractivity contribution >= 4 is 45.2 Å². The van der Waals surface area contributed by atoms with Gasteiger partial charge in [-0.1, -0.05) is 35.9 Å². The van der Waals surface area contributed by atoms with Crippen molar-refractivity contribution in [2.24, 2.45) is 10.2 Å². The average Bonchev–Trinajstić information content (AvgIpc) is 3.34. The van der Waals surface area contributed by atoms with E-state index in [4.69, 9.17) is 0 Å². The lowest BCUT2D eigenvalue weighted by atomic mass is 10.2. The summed E-state index contributed by atoms with van der Waals surface area (Å²) in [6.07, 6.45) is 0. The maximum absolute atomic E-state index is 10.2. The Labute approximate surface area is 168 Å². The van der Waals surface area contributed by atoms with Gasteiger partial charge in [-0.05, 0) is 35.4 Å². The van der Waals surface area contributed by atoms with E-state index in [0.717, 1.165) is 22.2 Å². The van der Waals surface area contributed by atoms with Crippen LogP contribution in [0.2, 0.25) is 0 Å². The topological polar surface area (TPSA) is 150 Å². The number of H-pyrrole nitrogens is 1. The SMILES string of the molecule is Cc1ccc(NNc2nc3nonc3nc2N=Nc2c(O)[nH]c3ccccc23)cc1. The van der Waals surface area contributed by atoms with E-state index in [2.05, 4.69) is 51.0 Å². The van der Waals surface area contributed by atoms with E-state index in [9.17, 15) is 5.11 Å². The molecule has 148 valence electrons. The highest BCUT2D eigenvalue weighted by Gasteiger charge is 2.14. The van der Waals surface area contributed by atoms with Crippen molar-refractivity contribution in [3.63, 3.8) is 0 Å². The molecule has 0 aliphatic carbocycles. The van der Waals surface area contributed by atoms with E-state index >= 15 is 0 Å². The third-order valence-electron chi connectivity index (χ3n) is 4.38. The van der Waals surface area contributed by atoms with Gasteiger partial charge in [0, 0.05) is 5.39 Å². The minimum Gasteiger partial charge on any atom is -0.493 e. The summed E-state index contributed by atoms with van der Waals surface area (Å²) in [4.78, 5) is 11.5. The number of para-hydroxylation sites is 1. The van der Waals surface area contributed by atoms with Gasteiger partial charge < -0.3 is 10.1 Å². The van der Waals surface area contributed by atoms with Crippen LogP contribution < -0.4 is 10.9 Å². The largest absolute Gasteiger partial charge is 0.493 e. The van der Waals surface area contributed by atoms with E-state index in [1.165, 1.54) is 0 Å². The van der Waals surface area contributed by atoms with Crippen LogP contribution in [0.15, 0.2) is 63.4 Å². The number of anilines is 2. The summed E-state index contributed by atoms with van der Waals surface area (Å²) in [5.41, 5.74) is 9.39. The standard InChI is InChI=1S/C19H15N9O2/c1-10-6-8-11(9-7-10)23-25-15-16(22-18-17(21-15)27-30-28-18)26-24-14-12-4-2-3-5-13(12)20-19(14)29/h2-9,20,23,29H,1H3,(H,21,25,27). The van der Waals surface area contributed by atoms with Crippen molar-refractivity contribution in [3.05, 3.63) is 54.1 Å². The second-order valence-electron chi connectivity index (χ2n) is 6.49. The number of hydrazine groups is 1. The van der Waals surface area contributed by atoms with Gasteiger partial charge in [0.15, 0.2) is 11.5 Å². The van der Waals surface area contributed by atoms with Gasteiger partial charge in [0.2, 0.25) is 23.0 Å². The molecule has 4 N–H and O–H groups in total. The zero-order valence-electron chi connectivity index (χ0n) is 15.7. The number of nitrogens with one attached hydrogen (secondary N) is 3. The number of hydrogen-bond donors (Lipinski definition) is 4. The van der Waals surface area contributed by atoms with E-state index in [0.29, 0.717) is 5.69 Å².